The van der Waals surface area contributed by atoms with Gasteiger partial charge in [-0.15, -0.1) is 0 Å². The zero-order valence-electron chi connectivity index (χ0n) is 17.8. The van der Waals surface area contributed by atoms with Crippen molar-refractivity contribution in [3.63, 3.8) is 0 Å². The molecule has 2 N–H and O–H groups in total. The Bertz CT molecular complexity index is 1270. The fourth-order valence-electron chi connectivity index (χ4n) is 2.89. The summed E-state index contributed by atoms with van der Waals surface area (Å²) in [6, 6.07) is 17.2. The number of nitrogens with zero attached hydrogens (tertiary/aromatic N) is 2. The van der Waals surface area contributed by atoms with E-state index in [9.17, 15) is 29.8 Å². The first-order chi connectivity index (χ1) is 16.3. The minimum absolute atomic E-state index is 0.0478. The molecule has 172 valence electrons. The largest absolute Gasteiger partial charge is 0.494 e. The van der Waals surface area contributed by atoms with Crippen LogP contribution in [-0.4, -0.2) is 28.8 Å². The lowest BCUT2D eigenvalue weighted by Crippen LogP contribution is -2.30. The van der Waals surface area contributed by atoms with E-state index < -0.39 is 21.7 Å². The lowest BCUT2D eigenvalue weighted by molar-refractivity contribution is -0.385. The molecule has 11 heteroatoms. The molecule has 0 aliphatic heterocycles. The summed E-state index contributed by atoms with van der Waals surface area (Å²) in [4.78, 5) is 46.5. The number of methoxy groups -OCH3 is 1. The van der Waals surface area contributed by atoms with Gasteiger partial charge in [0.25, 0.3) is 23.2 Å². The molecule has 0 spiro atoms. The number of nitro groups is 2. The Morgan fingerprint density at radius 1 is 0.882 bits per heavy atom. The molecular weight excluding hydrogens is 444 g/mol. The van der Waals surface area contributed by atoms with Gasteiger partial charge in [-0.05, 0) is 42.0 Å². The molecule has 0 bridgehead atoms. The number of nitro benzene ring substituents is 2. The van der Waals surface area contributed by atoms with Gasteiger partial charge in [-0.2, -0.15) is 0 Å². The first-order valence-corrected chi connectivity index (χ1v) is 9.75. The summed E-state index contributed by atoms with van der Waals surface area (Å²) in [5, 5.41) is 27.0. The lowest BCUT2D eigenvalue weighted by atomic mass is 10.1. The molecule has 0 aliphatic rings. The Balaban J connectivity index is 1.94. The van der Waals surface area contributed by atoms with E-state index in [0.717, 1.165) is 6.07 Å². The van der Waals surface area contributed by atoms with E-state index in [0.29, 0.717) is 11.1 Å². The highest BCUT2D eigenvalue weighted by Gasteiger charge is 2.18. The van der Waals surface area contributed by atoms with Crippen molar-refractivity contribution in [1.29, 1.82) is 0 Å². The summed E-state index contributed by atoms with van der Waals surface area (Å²) >= 11 is 0. The maximum Gasteiger partial charge on any atom is 0.273 e. The van der Waals surface area contributed by atoms with Gasteiger partial charge in [-0.25, -0.2) is 0 Å². The number of nitrogens with one attached hydrogen (secondary N) is 2. The number of hydrogen-bond acceptors (Lipinski definition) is 7. The quantitative estimate of drug-likeness (QED) is 0.292. The predicted octanol–water partition coefficient (Wildman–Crippen LogP) is 3.92. The first-order valence-electron chi connectivity index (χ1n) is 9.75. The lowest BCUT2D eigenvalue weighted by Gasteiger charge is -2.13. The maximum absolute atomic E-state index is 13.1. The summed E-state index contributed by atoms with van der Waals surface area (Å²) in [5.74, 6) is -1.25. The average Bonchev–Trinajstić information content (AvgIpc) is 2.84. The second kappa shape index (κ2) is 10.5. The van der Waals surface area contributed by atoms with E-state index in [1.165, 1.54) is 49.6 Å². The summed E-state index contributed by atoms with van der Waals surface area (Å²) in [6.07, 6.45) is 1.35. The van der Waals surface area contributed by atoms with Crippen molar-refractivity contribution < 1.29 is 24.2 Å². The molecule has 0 atom stereocenters. The molecule has 0 aromatic heterocycles. The number of rotatable bonds is 8. The third-order valence-corrected chi connectivity index (χ3v) is 4.59. The second-order valence-electron chi connectivity index (χ2n) is 6.82. The first kappa shape index (κ1) is 23.6. The van der Waals surface area contributed by atoms with Crippen LogP contribution in [0.3, 0.4) is 0 Å². The molecule has 3 rings (SSSR count). The zero-order valence-corrected chi connectivity index (χ0v) is 17.8. The molecule has 3 aromatic carbocycles. The standard InChI is InChI=1S/C23H18N4O7/c1-34-21-14-18(27(32)33)11-12-19(21)24-23(29)20(25-22(28)16-5-3-2-4-6-16)13-15-7-9-17(10-8-15)26(30)31/h2-14H,1H3,(H,24,29)(H,25,28). The van der Waals surface area contributed by atoms with Crippen molar-refractivity contribution in [2.24, 2.45) is 0 Å². The molecule has 0 heterocycles. The predicted molar refractivity (Wildman–Crippen MR) is 123 cm³/mol. The van der Waals surface area contributed by atoms with E-state index in [2.05, 4.69) is 10.6 Å². The Kier molecular flexibility index (Phi) is 7.29. The number of non-ortho nitro benzene ring substituents is 2. The van der Waals surface area contributed by atoms with Gasteiger partial charge in [0.1, 0.15) is 11.4 Å². The van der Waals surface area contributed by atoms with Gasteiger partial charge in [0.05, 0.1) is 28.7 Å². The number of carbonyl (C=O) groups excluding carboxylic acids is 2. The molecule has 0 saturated carbocycles. The number of hydrogen-bond donors (Lipinski definition) is 2. The molecule has 0 unspecified atom stereocenters. The van der Waals surface area contributed by atoms with Crippen molar-refractivity contribution in [1.82, 2.24) is 5.32 Å². The summed E-state index contributed by atoms with van der Waals surface area (Å²) in [6.45, 7) is 0. The van der Waals surface area contributed by atoms with Crippen LogP contribution in [0.2, 0.25) is 0 Å². The Morgan fingerprint density at radius 2 is 1.50 bits per heavy atom. The van der Waals surface area contributed by atoms with Crippen molar-refractivity contribution in [2.45, 2.75) is 0 Å². The van der Waals surface area contributed by atoms with Crippen LogP contribution < -0.4 is 15.4 Å². The zero-order chi connectivity index (χ0) is 24.7. The fourth-order valence-corrected chi connectivity index (χ4v) is 2.89. The van der Waals surface area contributed by atoms with E-state index in [-0.39, 0.29) is 28.5 Å². The van der Waals surface area contributed by atoms with Crippen LogP contribution in [0.15, 0.2) is 78.5 Å². The Morgan fingerprint density at radius 3 is 2.09 bits per heavy atom. The molecule has 3 aromatic rings. The monoisotopic (exact) mass is 462 g/mol. The molecule has 0 radical (unpaired) electrons. The Hall–Kier alpha value is -5.06. The van der Waals surface area contributed by atoms with Crippen LogP contribution in [-0.2, 0) is 4.79 Å². The molecule has 0 saturated heterocycles. The van der Waals surface area contributed by atoms with Crippen molar-refractivity contribution in [2.75, 3.05) is 12.4 Å². The summed E-state index contributed by atoms with van der Waals surface area (Å²) in [7, 11) is 1.29. The van der Waals surface area contributed by atoms with Gasteiger partial charge in [0.2, 0.25) is 0 Å². The molecule has 34 heavy (non-hydrogen) atoms. The summed E-state index contributed by atoms with van der Waals surface area (Å²) < 4.78 is 5.13. The van der Waals surface area contributed by atoms with E-state index >= 15 is 0 Å². The average molecular weight is 462 g/mol. The maximum atomic E-state index is 13.1. The van der Waals surface area contributed by atoms with E-state index in [4.69, 9.17) is 4.74 Å². The highest BCUT2D eigenvalue weighted by molar-refractivity contribution is 6.11. The van der Waals surface area contributed by atoms with Crippen molar-refractivity contribution in [3.8, 4) is 5.75 Å². The van der Waals surface area contributed by atoms with Crippen LogP contribution in [0.25, 0.3) is 6.08 Å². The van der Waals surface area contributed by atoms with Gasteiger partial charge in [-0.3, -0.25) is 29.8 Å². The molecule has 11 nitrogen and oxygen atoms in total. The topological polar surface area (TPSA) is 154 Å². The molecule has 0 fully saturated rings. The van der Waals surface area contributed by atoms with Gasteiger partial charge < -0.3 is 15.4 Å². The van der Waals surface area contributed by atoms with Crippen LogP contribution >= 0.6 is 0 Å². The fraction of sp³-hybridized carbons (Fsp3) is 0.0435. The molecular formula is C23H18N4O7. The van der Waals surface area contributed by atoms with Gasteiger partial charge in [0.15, 0.2) is 0 Å². The van der Waals surface area contributed by atoms with Crippen LogP contribution in [0.4, 0.5) is 17.1 Å². The van der Waals surface area contributed by atoms with Crippen molar-refractivity contribution in [3.05, 3.63) is 110 Å². The highest BCUT2D eigenvalue weighted by Crippen LogP contribution is 2.29. The smallest absolute Gasteiger partial charge is 0.273 e. The van der Waals surface area contributed by atoms with Gasteiger partial charge >= 0.3 is 0 Å². The summed E-state index contributed by atoms with van der Waals surface area (Å²) in [5.41, 5.74) is 0.336. The molecule has 2 amide bonds. The van der Waals surface area contributed by atoms with Gasteiger partial charge in [0, 0.05) is 23.8 Å². The second-order valence-corrected chi connectivity index (χ2v) is 6.82. The van der Waals surface area contributed by atoms with Crippen LogP contribution in [0.5, 0.6) is 5.75 Å². The van der Waals surface area contributed by atoms with Gasteiger partial charge in [-0.1, -0.05) is 18.2 Å². The number of anilines is 1. The number of benzene rings is 3. The van der Waals surface area contributed by atoms with Crippen LogP contribution in [0, 0.1) is 20.2 Å². The normalized spacial score (nSPS) is 10.8. The highest BCUT2D eigenvalue weighted by atomic mass is 16.6. The SMILES string of the molecule is COc1cc([N+](=O)[O-])ccc1NC(=O)C(=Cc1ccc([N+](=O)[O-])cc1)NC(=O)c1ccccc1. The number of ether oxygens (including phenoxy) is 1. The molecule has 0 aliphatic carbocycles. The minimum atomic E-state index is -0.741. The Labute approximate surface area is 193 Å². The third kappa shape index (κ3) is 5.79. The van der Waals surface area contributed by atoms with Crippen molar-refractivity contribution >= 4 is 35.0 Å². The van der Waals surface area contributed by atoms with E-state index in [1.807, 2.05) is 0 Å². The van der Waals surface area contributed by atoms with E-state index in [1.54, 1.807) is 30.3 Å². The van der Waals surface area contributed by atoms with Crippen LogP contribution in [0.1, 0.15) is 15.9 Å². The minimum Gasteiger partial charge on any atom is -0.494 e. The third-order valence-electron chi connectivity index (χ3n) is 4.59. The number of carbonyl (C=O) groups is 2. The number of amides is 2.